The van der Waals surface area contributed by atoms with E-state index in [9.17, 15) is 4.79 Å². The number of likely N-dealkylation sites (N-methyl/N-ethyl adjacent to an activating group) is 1. The molecule has 20 heavy (non-hydrogen) atoms. The van der Waals surface area contributed by atoms with E-state index in [0.29, 0.717) is 17.9 Å². The van der Waals surface area contributed by atoms with Crippen LogP contribution in [0, 0.1) is 0 Å². The van der Waals surface area contributed by atoms with E-state index >= 15 is 0 Å². The standard InChI is InChI=1S/C16H31N3O/c1-14(18-8-6-16(20)7-9-18)4-5-15(2)19-12-10-17(3)11-13-19/h14-15H,4-13H2,1-3H3. The molecule has 0 aromatic carbocycles. The normalized spacial score (nSPS) is 26.6. The molecule has 4 heteroatoms. The minimum atomic E-state index is 0.444. The minimum Gasteiger partial charge on any atom is -0.304 e. The maximum absolute atomic E-state index is 11.3. The van der Waals surface area contributed by atoms with Crippen molar-refractivity contribution in [1.29, 1.82) is 0 Å². The maximum atomic E-state index is 11.3. The van der Waals surface area contributed by atoms with Crippen LogP contribution in [0.1, 0.15) is 39.5 Å². The Labute approximate surface area is 124 Å². The molecule has 0 aromatic rings. The fourth-order valence-corrected chi connectivity index (χ4v) is 3.32. The lowest BCUT2D eigenvalue weighted by Gasteiger charge is -2.38. The molecular formula is C16H31N3O. The first-order valence-electron chi connectivity index (χ1n) is 8.24. The van der Waals surface area contributed by atoms with Crippen LogP contribution >= 0.6 is 0 Å². The Balaban J connectivity index is 1.67. The fourth-order valence-electron chi connectivity index (χ4n) is 3.32. The van der Waals surface area contributed by atoms with Crippen LogP contribution in [-0.2, 0) is 4.79 Å². The number of nitrogens with zero attached hydrogens (tertiary/aromatic N) is 3. The van der Waals surface area contributed by atoms with Crippen LogP contribution in [0.5, 0.6) is 0 Å². The maximum Gasteiger partial charge on any atom is 0.135 e. The van der Waals surface area contributed by atoms with Crippen molar-refractivity contribution < 1.29 is 4.79 Å². The van der Waals surface area contributed by atoms with Gasteiger partial charge in [0.15, 0.2) is 0 Å². The summed E-state index contributed by atoms with van der Waals surface area (Å²) in [5.41, 5.74) is 0. The van der Waals surface area contributed by atoms with E-state index in [4.69, 9.17) is 0 Å². The van der Waals surface area contributed by atoms with Gasteiger partial charge in [0, 0.05) is 64.2 Å². The zero-order chi connectivity index (χ0) is 14.5. The van der Waals surface area contributed by atoms with Crippen LogP contribution in [0.15, 0.2) is 0 Å². The van der Waals surface area contributed by atoms with Crippen LogP contribution in [-0.4, -0.2) is 78.9 Å². The third kappa shape index (κ3) is 4.54. The van der Waals surface area contributed by atoms with Crippen molar-refractivity contribution in [3.8, 4) is 0 Å². The molecule has 2 atom stereocenters. The Hall–Kier alpha value is -0.450. The van der Waals surface area contributed by atoms with Crippen LogP contribution in [0.3, 0.4) is 0 Å². The molecule has 116 valence electrons. The molecule has 0 N–H and O–H groups in total. The summed E-state index contributed by atoms with van der Waals surface area (Å²) in [5.74, 6) is 0.444. The van der Waals surface area contributed by atoms with Crippen molar-refractivity contribution in [3.63, 3.8) is 0 Å². The summed E-state index contributed by atoms with van der Waals surface area (Å²) < 4.78 is 0. The topological polar surface area (TPSA) is 26.8 Å². The molecule has 0 radical (unpaired) electrons. The lowest BCUT2D eigenvalue weighted by atomic mass is 10.0. The number of piperidine rings is 1. The molecule has 0 aromatic heterocycles. The van der Waals surface area contributed by atoms with E-state index in [-0.39, 0.29) is 0 Å². The third-order valence-corrected chi connectivity index (χ3v) is 5.14. The van der Waals surface area contributed by atoms with Gasteiger partial charge in [0.2, 0.25) is 0 Å². The number of ketones is 1. The molecule has 2 unspecified atom stereocenters. The highest BCUT2D eigenvalue weighted by molar-refractivity contribution is 5.79. The second kappa shape index (κ2) is 7.53. The number of piperazine rings is 1. The summed E-state index contributed by atoms with van der Waals surface area (Å²) >= 11 is 0. The zero-order valence-corrected chi connectivity index (χ0v) is 13.5. The van der Waals surface area contributed by atoms with E-state index in [0.717, 1.165) is 25.9 Å². The van der Waals surface area contributed by atoms with Gasteiger partial charge in [-0.05, 0) is 33.7 Å². The van der Waals surface area contributed by atoms with Crippen molar-refractivity contribution in [1.82, 2.24) is 14.7 Å². The average Bonchev–Trinajstić information content (AvgIpc) is 2.46. The Morgan fingerprint density at radius 1 is 0.850 bits per heavy atom. The van der Waals surface area contributed by atoms with Crippen molar-refractivity contribution in [2.45, 2.75) is 51.6 Å². The predicted molar refractivity (Wildman–Crippen MR) is 83.0 cm³/mol. The van der Waals surface area contributed by atoms with E-state index in [1.54, 1.807) is 0 Å². The van der Waals surface area contributed by atoms with Crippen molar-refractivity contribution in [2.75, 3.05) is 46.3 Å². The number of Topliss-reactive ketones (excluding diaryl/α,β-unsaturated/α-hetero) is 1. The molecule has 2 aliphatic rings. The van der Waals surface area contributed by atoms with Gasteiger partial charge in [-0.3, -0.25) is 14.6 Å². The Morgan fingerprint density at radius 3 is 1.80 bits per heavy atom. The highest BCUT2D eigenvalue weighted by Gasteiger charge is 2.23. The van der Waals surface area contributed by atoms with Crippen LogP contribution < -0.4 is 0 Å². The zero-order valence-electron chi connectivity index (χ0n) is 13.5. The number of hydrogen-bond acceptors (Lipinski definition) is 4. The predicted octanol–water partition coefficient (Wildman–Crippen LogP) is 1.46. The summed E-state index contributed by atoms with van der Waals surface area (Å²) in [6, 6.07) is 1.32. The first-order valence-corrected chi connectivity index (χ1v) is 8.24. The lowest BCUT2D eigenvalue weighted by molar-refractivity contribution is -0.121. The second-order valence-corrected chi connectivity index (χ2v) is 6.69. The van der Waals surface area contributed by atoms with Gasteiger partial charge in [-0.1, -0.05) is 0 Å². The van der Waals surface area contributed by atoms with Crippen molar-refractivity contribution in [3.05, 3.63) is 0 Å². The highest BCUT2D eigenvalue weighted by Crippen LogP contribution is 2.16. The number of carbonyl (C=O) groups is 1. The number of rotatable bonds is 5. The average molecular weight is 281 g/mol. The first-order chi connectivity index (χ1) is 9.56. The summed E-state index contributed by atoms with van der Waals surface area (Å²) in [7, 11) is 2.21. The highest BCUT2D eigenvalue weighted by atomic mass is 16.1. The van der Waals surface area contributed by atoms with Crippen molar-refractivity contribution >= 4 is 5.78 Å². The van der Waals surface area contributed by atoms with Gasteiger partial charge in [0.1, 0.15) is 5.78 Å². The van der Waals surface area contributed by atoms with E-state index in [1.807, 2.05) is 0 Å². The molecular weight excluding hydrogens is 250 g/mol. The molecule has 2 heterocycles. The van der Waals surface area contributed by atoms with Gasteiger partial charge in [0.25, 0.3) is 0 Å². The molecule has 0 amide bonds. The summed E-state index contributed by atoms with van der Waals surface area (Å²) in [4.78, 5) is 18.8. The Bertz CT molecular complexity index is 303. The summed E-state index contributed by atoms with van der Waals surface area (Å²) in [5, 5.41) is 0. The molecule has 2 saturated heterocycles. The smallest absolute Gasteiger partial charge is 0.135 e. The van der Waals surface area contributed by atoms with Gasteiger partial charge in [-0.25, -0.2) is 0 Å². The van der Waals surface area contributed by atoms with Gasteiger partial charge < -0.3 is 4.90 Å². The van der Waals surface area contributed by atoms with Gasteiger partial charge in [-0.15, -0.1) is 0 Å². The molecule has 2 aliphatic heterocycles. The second-order valence-electron chi connectivity index (χ2n) is 6.69. The van der Waals surface area contributed by atoms with E-state index in [2.05, 4.69) is 35.6 Å². The number of carbonyl (C=O) groups excluding carboxylic acids is 1. The van der Waals surface area contributed by atoms with E-state index < -0.39 is 0 Å². The monoisotopic (exact) mass is 281 g/mol. The molecule has 0 bridgehead atoms. The van der Waals surface area contributed by atoms with Crippen LogP contribution in [0.2, 0.25) is 0 Å². The number of likely N-dealkylation sites (tertiary alicyclic amines) is 1. The first kappa shape index (κ1) is 15.9. The molecule has 0 aliphatic carbocycles. The SMILES string of the molecule is CC(CCC(C)N1CCN(C)CC1)N1CCC(=O)CC1. The summed E-state index contributed by atoms with van der Waals surface area (Å²) in [6.07, 6.45) is 4.05. The molecule has 2 rings (SSSR count). The Kier molecular flexibility index (Phi) is 6.00. The van der Waals surface area contributed by atoms with Crippen LogP contribution in [0.4, 0.5) is 0 Å². The van der Waals surface area contributed by atoms with Crippen molar-refractivity contribution in [2.24, 2.45) is 0 Å². The third-order valence-electron chi connectivity index (χ3n) is 5.14. The number of hydrogen-bond donors (Lipinski definition) is 0. The van der Waals surface area contributed by atoms with Crippen LogP contribution in [0.25, 0.3) is 0 Å². The molecule has 2 fully saturated rings. The molecule has 4 nitrogen and oxygen atoms in total. The van der Waals surface area contributed by atoms with Gasteiger partial charge in [0.05, 0.1) is 0 Å². The molecule has 0 spiro atoms. The largest absolute Gasteiger partial charge is 0.304 e. The molecule has 0 saturated carbocycles. The van der Waals surface area contributed by atoms with Gasteiger partial charge >= 0.3 is 0 Å². The lowest BCUT2D eigenvalue weighted by Crippen LogP contribution is -2.48. The van der Waals surface area contributed by atoms with Gasteiger partial charge in [-0.2, -0.15) is 0 Å². The minimum absolute atomic E-state index is 0.444. The quantitative estimate of drug-likeness (QED) is 0.762. The van der Waals surface area contributed by atoms with E-state index in [1.165, 1.54) is 39.0 Å². The Morgan fingerprint density at radius 2 is 1.30 bits per heavy atom. The fraction of sp³-hybridized carbons (Fsp3) is 0.938. The summed E-state index contributed by atoms with van der Waals surface area (Å²) in [6.45, 7) is 11.5.